The summed E-state index contributed by atoms with van der Waals surface area (Å²) < 4.78 is 54.6. The van der Waals surface area contributed by atoms with Crippen LogP contribution in [0.15, 0.2) is 0 Å². The molecular weight excluding hydrogens is 252 g/mol. The topological polar surface area (TPSA) is 66.4 Å². The molecule has 0 radical (unpaired) electrons. The Kier molecular flexibility index (Phi) is 5.27. The van der Waals surface area contributed by atoms with Crippen molar-refractivity contribution in [1.29, 1.82) is 0 Å². The molecule has 0 aromatic heterocycles. The number of rotatable bonds is 6. The average Bonchev–Trinajstić information content (AvgIpc) is 2.24. The van der Waals surface area contributed by atoms with E-state index < -0.39 is 21.8 Å². The van der Waals surface area contributed by atoms with E-state index in [0.29, 0.717) is 12.5 Å². The minimum absolute atomic E-state index is 0.108. The lowest BCUT2D eigenvalue weighted by atomic mass is 9.89. The summed E-state index contributed by atoms with van der Waals surface area (Å²) in [5, 5.41) is -1.22. The molecule has 1 fully saturated rings. The fourth-order valence-electron chi connectivity index (χ4n) is 2.06. The molecule has 0 unspecified atom stereocenters. The Morgan fingerprint density at radius 3 is 2.35 bits per heavy atom. The van der Waals surface area contributed by atoms with E-state index in [2.05, 4.69) is 5.32 Å². The molecule has 102 valence electrons. The number of hydrogen-bond donors (Lipinski definition) is 2. The van der Waals surface area contributed by atoms with Crippen LogP contribution in [0.1, 0.15) is 38.5 Å². The maximum Gasteiger partial charge on any atom is 0.371 e. The fourth-order valence-corrected chi connectivity index (χ4v) is 2.42. The van der Waals surface area contributed by atoms with E-state index in [1.165, 1.54) is 19.3 Å². The third-order valence-corrected chi connectivity index (χ3v) is 4.09. The van der Waals surface area contributed by atoms with Crippen LogP contribution >= 0.6 is 0 Å². The lowest BCUT2D eigenvalue weighted by Gasteiger charge is -2.22. The first kappa shape index (κ1) is 14.8. The van der Waals surface area contributed by atoms with Crippen LogP contribution in [0.4, 0.5) is 8.78 Å². The van der Waals surface area contributed by atoms with Crippen molar-refractivity contribution in [2.75, 3.05) is 13.1 Å². The molecule has 0 aromatic rings. The van der Waals surface area contributed by atoms with Gasteiger partial charge in [-0.3, -0.25) is 4.55 Å². The molecule has 17 heavy (non-hydrogen) atoms. The molecule has 7 heteroatoms. The highest BCUT2D eigenvalue weighted by molar-refractivity contribution is 7.86. The first-order chi connectivity index (χ1) is 7.83. The second kappa shape index (κ2) is 6.06. The quantitative estimate of drug-likeness (QED) is 0.573. The third kappa shape index (κ3) is 4.85. The second-order valence-electron chi connectivity index (χ2n) is 4.57. The smallest absolute Gasteiger partial charge is 0.316 e. The van der Waals surface area contributed by atoms with Crippen molar-refractivity contribution < 1.29 is 21.8 Å². The second-order valence-corrected chi connectivity index (χ2v) is 6.12. The monoisotopic (exact) mass is 271 g/mol. The lowest BCUT2D eigenvalue weighted by molar-refractivity contribution is 0.0710. The van der Waals surface area contributed by atoms with Gasteiger partial charge in [-0.05, 0) is 25.3 Å². The number of alkyl halides is 2. The first-order valence-electron chi connectivity index (χ1n) is 5.88. The Labute approximate surface area is 101 Å². The summed E-state index contributed by atoms with van der Waals surface area (Å²) in [5.41, 5.74) is 0. The van der Waals surface area contributed by atoms with E-state index in [4.69, 9.17) is 4.55 Å². The zero-order chi connectivity index (χ0) is 12.9. The molecule has 1 saturated carbocycles. The summed E-state index contributed by atoms with van der Waals surface area (Å²) >= 11 is 0. The molecule has 0 amide bonds. The molecule has 4 nitrogen and oxygen atoms in total. The van der Waals surface area contributed by atoms with Crippen LogP contribution in [-0.2, 0) is 10.1 Å². The molecule has 0 atom stereocenters. The predicted octanol–water partition coefficient (Wildman–Crippen LogP) is 2.03. The van der Waals surface area contributed by atoms with Crippen LogP contribution in [0.3, 0.4) is 0 Å². The van der Waals surface area contributed by atoms with Crippen molar-refractivity contribution in [1.82, 2.24) is 5.32 Å². The maximum absolute atomic E-state index is 12.8. The molecule has 0 aromatic carbocycles. The van der Waals surface area contributed by atoms with E-state index in [-0.39, 0.29) is 6.54 Å². The van der Waals surface area contributed by atoms with E-state index in [1.807, 2.05) is 0 Å². The summed E-state index contributed by atoms with van der Waals surface area (Å²) in [6.45, 7) is 0.533. The van der Waals surface area contributed by atoms with Gasteiger partial charge in [-0.1, -0.05) is 19.3 Å². The lowest BCUT2D eigenvalue weighted by Crippen LogP contribution is -2.34. The van der Waals surface area contributed by atoms with Gasteiger partial charge in [0.1, 0.15) is 0 Å². The van der Waals surface area contributed by atoms with Crippen molar-refractivity contribution in [2.24, 2.45) is 5.92 Å². The normalized spacial score (nSPS) is 19.5. The summed E-state index contributed by atoms with van der Waals surface area (Å²) in [5.74, 6) is 0.503. The molecule has 1 aliphatic rings. The highest BCUT2D eigenvalue weighted by Gasteiger charge is 2.43. The van der Waals surface area contributed by atoms with Crippen LogP contribution in [0.2, 0.25) is 0 Å². The minimum Gasteiger partial charge on any atom is -0.316 e. The van der Waals surface area contributed by atoms with E-state index in [0.717, 1.165) is 12.8 Å². The van der Waals surface area contributed by atoms with Crippen LogP contribution in [0.5, 0.6) is 0 Å². The van der Waals surface area contributed by atoms with Gasteiger partial charge in [0.25, 0.3) is 0 Å². The van der Waals surface area contributed by atoms with Crippen molar-refractivity contribution in [3.05, 3.63) is 0 Å². The van der Waals surface area contributed by atoms with Crippen LogP contribution in [0.25, 0.3) is 0 Å². The fraction of sp³-hybridized carbons (Fsp3) is 1.00. The van der Waals surface area contributed by atoms with Crippen LogP contribution in [-0.4, -0.2) is 31.3 Å². The van der Waals surface area contributed by atoms with Gasteiger partial charge in [0, 0.05) is 13.0 Å². The zero-order valence-corrected chi connectivity index (χ0v) is 10.5. The molecule has 1 aliphatic carbocycles. The Balaban J connectivity index is 2.19. The Morgan fingerprint density at radius 1 is 1.24 bits per heavy atom. The van der Waals surface area contributed by atoms with Crippen molar-refractivity contribution >= 4 is 10.1 Å². The van der Waals surface area contributed by atoms with E-state index in [9.17, 15) is 17.2 Å². The summed E-state index contributed by atoms with van der Waals surface area (Å²) in [6.07, 6.45) is 4.89. The highest BCUT2D eigenvalue weighted by atomic mass is 32.2. The molecule has 0 aliphatic heterocycles. The first-order valence-corrected chi connectivity index (χ1v) is 7.32. The zero-order valence-electron chi connectivity index (χ0n) is 9.66. The van der Waals surface area contributed by atoms with Gasteiger partial charge in [0.2, 0.25) is 0 Å². The largest absolute Gasteiger partial charge is 0.371 e. The highest BCUT2D eigenvalue weighted by Crippen LogP contribution is 2.25. The number of hydrogen-bond acceptors (Lipinski definition) is 3. The van der Waals surface area contributed by atoms with E-state index >= 15 is 0 Å². The van der Waals surface area contributed by atoms with Gasteiger partial charge in [-0.2, -0.15) is 17.2 Å². The maximum atomic E-state index is 12.8. The molecule has 0 saturated heterocycles. The molecule has 0 bridgehead atoms. The Hall–Kier alpha value is -0.270. The Bertz CT molecular complexity index is 326. The van der Waals surface area contributed by atoms with Gasteiger partial charge < -0.3 is 5.32 Å². The summed E-state index contributed by atoms with van der Waals surface area (Å²) in [7, 11) is -5.28. The molecule has 0 spiro atoms. The Morgan fingerprint density at radius 2 is 1.82 bits per heavy atom. The van der Waals surface area contributed by atoms with Gasteiger partial charge in [-0.25, -0.2) is 0 Å². The SMILES string of the molecule is O=S(=O)(O)C(F)(F)CCNCC1CCCCC1. The van der Waals surface area contributed by atoms with Gasteiger partial charge in [-0.15, -0.1) is 0 Å². The summed E-state index contributed by atoms with van der Waals surface area (Å²) in [6, 6.07) is 0. The molecule has 0 heterocycles. The van der Waals surface area contributed by atoms with Crippen molar-refractivity contribution in [3.63, 3.8) is 0 Å². The number of nitrogens with one attached hydrogen (secondary N) is 1. The third-order valence-electron chi connectivity index (χ3n) is 3.13. The van der Waals surface area contributed by atoms with Crippen LogP contribution in [0, 0.1) is 5.92 Å². The predicted molar refractivity (Wildman–Crippen MR) is 60.6 cm³/mol. The van der Waals surface area contributed by atoms with Gasteiger partial charge in [0.15, 0.2) is 0 Å². The summed E-state index contributed by atoms with van der Waals surface area (Å²) in [4.78, 5) is 0. The van der Waals surface area contributed by atoms with Crippen molar-refractivity contribution in [2.45, 2.75) is 43.8 Å². The van der Waals surface area contributed by atoms with Gasteiger partial charge in [0.05, 0.1) is 0 Å². The van der Waals surface area contributed by atoms with Crippen LogP contribution < -0.4 is 5.32 Å². The minimum atomic E-state index is -5.28. The number of halogens is 2. The average molecular weight is 271 g/mol. The van der Waals surface area contributed by atoms with Crippen molar-refractivity contribution in [3.8, 4) is 0 Å². The van der Waals surface area contributed by atoms with Gasteiger partial charge >= 0.3 is 15.4 Å². The molecule has 1 rings (SSSR count). The molecule has 2 N–H and O–H groups in total. The molecular formula is C10H19F2NO3S. The van der Waals surface area contributed by atoms with E-state index in [1.54, 1.807) is 0 Å². The standard InChI is InChI=1S/C10H19F2NO3S/c11-10(12,17(14,15)16)6-7-13-8-9-4-2-1-3-5-9/h9,13H,1-8H2,(H,14,15,16).